The van der Waals surface area contributed by atoms with Gasteiger partial charge in [-0.15, -0.1) is 0 Å². The van der Waals surface area contributed by atoms with E-state index in [-0.39, 0.29) is 17.2 Å². The van der Waals surface area contributed by atoms with Crippen molar-refractivity contribution in [1.82, 2.24) is 14.5 Å². The lowest BCUT2D eigenvalue weighted by molar-refractivity contribution is -0.113. The molecule has 150 valence electrons. The van der Waals surface area contributed by atoms with Gasteiger partial charge in [-0.3, -0.25) is 19.1 Å². The Bertz CT molecular complexity index is 1270. The minimum Gasteiger partial charge on any atom is -0.325 e. The van der Waals surface area contributed by atoms with Crippen LogP contribution in [-0.4, -0.2) is 26.2 Å². The highest BCUT2D eigenvalue weighted by Gasteiger charge is 2.15. The summed E-state index contributed by atoms with van der Waals surface area (Å²) in [5.41, 5.74) is 3.94. The summed E-state index contributed by atoms with van der Waals surface area (Å²) in [6.45, 7) is 3.98. The average molecular weight is 417 g/mol. The van der Waals surface area contributed by atoms with Gasteiger partial charge in [0, 0.05) is 11.9 Å². The first-order valence-electron chi connectivity index (χ1n) is 9.44. The molecule has 0 bridgehead atoms. The maximum Gasteiger partial charge on any atom is 0.266 e. The Morgan fingerprint density at radius 1 is 1.07 bits per heavy atom. The van der Waals surface area contributed by atoms with E-state index in [1.165, 1.54) is 16.3 Å². The number of fused-ring (bicyclic) bond motifs is 1. The summed E-state index contributed by atoms with van der Waals surface area (Å²) < 4.78 is 1.50. The van der Waals surface area contributed by atoms with Crippen LogP contribution in [-0.2, 0) is 4.79 Å². The van der Waals surface area contributed by atoms with Crippen LogP contribution in [0.25, 0.3) is 16.6 Å². The van der Waals surface area contributed by atoms with E-state index in [9.17, 15) is 9.59 Å². The summed E-state index contributed by atoms with van der Waals surface area (Å²) in [5.74, 6) is -0.0389. The number of rotatable bonds is 5. The number of nitrogens with one attached hydrogen (secondary N) is 1. The molecule has 30 heavy (non-hydrogen) atoms. The minimum atomic E-state index is -0.189. The number of pyridine rings is 1. The van der Waals surface area contributed by atoms with E-state index >= 15 is 0 Å². The number of nitrogens with zero attached hydrogens (tertiary/aromatic N) is 3. The number of aryl methyl sites for hydroxylation is 2. The fourth-order valence-electron chi connectivity index (χ4n) is 3.30. The van der Waals surface area contributed by atoms with Gasteiger partial charge in [-0.2, -0.15) is 0 Å². The van der Waals surface area contributed by atoms with Gasteiger partial charge in [0.1, 0.15) is 0 Å². The Balaban J connectivity index is 1.65. The van der Waals surface area contributed by atoms with Crippen LogP contribution in [0.1, 0.15) is 11.1 Å². The normalized spacial score (nSPS) is 10.9. The van der Waals surface area contributed by atoms with E-state index in [1.54, 1.807) is 36.7 Å². The highest BCUT2D eigenvalue weighted by molar-refractivity contribution is 7.99. The lowest BCUT2D eigenvalue weighted by Gasteiger charge is -2.13. The van der Waals surface area contributed by atoms with Gasteiger partial charge in [-0.25, -0.2) is 4.98 Å². The molecular formula is C23H20N4O2S. The van der Waals surface area contributed by atoms with Crippen molar-refractivity contribution in [2.45, 2.75) is 19.0 Å². The second-order valence-corrected chi connectivity index (χ2v) is 7.92. The number of thioether (sulfide) groups is 1. The van der Waals surface area contributed by atoms with Gasteiger partial charge in [-0.05, 0) is 61.4 Å². The standard InChI is InChI=1S/C23H20N4O2S/c1-15-10-16(2)12-17(11-15)25-21(28)14-30-23-26-20-8-4-3-7-19(20)22(29)27(23)18-6-5-9-24-13-18/h3-13H,14H2,1-2H3,(H,25,28). The Labute approximate surface area is 178 Å². The molecule has 0 unspecified atom stereocenters. The summed E-state index contributed by atoms with van der Waals surface area (Å²) in [6, 6.07) is 16.7. The maximum absolute atomic E-state index is 13.1. The molecule has 0 atom stereocenters. The first-order valence-corrected chi connectivity index (χ1v) is 10.4. The Morgan fingerprint density at radius 2 is 1.83 bits per heavy atom. The van der Waals surface area contributed by atoms with Gasteiger partial charge in [0.2, 0.25) is 5.91 Å². The molecule has 7 heteroatoms. The zero-order valence-electron chi connectivity index (χ0n) is 16.6. The van der Waals surface area contributed by atoms with Gasteiger partial charge < -0.3 is 5.32 Å². The van der Waals surface area contributed by atoms with E-state index in [2.05, 4.69) is 21.4 Å². The van der Waals surface area contributed by atoms with Crippen LogP contribution in [0.15, 0.2) is 76.9 Å². The largest absolute Gasteiger partial charge is 0.325 e. The van der Waals surface area contributed by atoms with Crippen molar-refractivity contribution in [3.63, 3.8) is 0 Å². The number of hydrogen-bond acceptors (Lipinski definition) is 5. The van der Waals surface area contributed by atoms with Crippen molar-refractivity contribution in [2.24, 2.45) is 0 Å². The summed E-state index contributed by atoms with van der Waals surface area (Å²) in [6.07, 6.45) is 3.25. The SMILES string of the molecule is Cc1cc(C)cc(NC(=O)CSc2nc3ccccc3c(=O)n2-c2cccnc2)c1. The molecule has 0 spiro atoms. The quantitative estimate of drug-likeness (QED) is 0.391. The number of hydrogen-bond donors (Lipinski definition) is 1. The topological polar surface area (TPSA) is 76.9 Å². The zero-order chi connectivity index (χ0) is 21.1. The number of aromatic nitrogens is 3. The molecule has 1 N–H and O–H groups in total. The highest BCUT2D eigenvalue weighted by atomic mass is 32.2. The first-order chi connectivity index (χ1) is 14.5. The van der Waals surface area contributed by atoms with Crippen LogP contribution < -0.4 is 10.9 Å². The summed E-state index contributed by atoms with van der Waals surface area (Å²) in [5, 5.41) is 3.88. The number of amides is 1. The summed E-state index contributed by atoms with van der Waals surface area (Å²) in [7, 11) is 0. The molecule has 0 aliphatic rings. The molecule has 0 saturated carbocycles. The van der Waals surface area contributed by atoms with Gasteiger partial charge in [0.25, 0.3) is 5.56 Å². The lowest BCUT2D eigenvalue weighted by Crippen LogP contribution is -2.23. The second-order valence-electron chi connectivity index (χ2n) is 6.98. The van der Waals surface area contributed by atoms with E-state index < -0.39 is 0 Å². The average Bonchev–Trinajstić information content (AvgIpc) is 2.72. The third-order valence-electron chi connectivity index (χ3n) is 4.49. The molecule has 0 aliphatic heterocycles. The molecular weight excluding hydrogens is 396 g/mol. The van der Waals surface area contributed by atoms with Crippen LogP contribution in [0, 0.1) is 13.8 Å². The second kappa shape index (κ2) is 8.51. The van der Waals surface area contributed by atoms with E-state index in [1.807, 2.05) is 38.1 Å². The molecule has 0 fully saturated rings. The molecule has 0 aliphatic carbocycles. The molecule has 2 aromatic carbocycles. The van der Waals surface area contributed by atoms with Crippen LogP contribution in [0.3, 0.4) is 0 Å². The summed E-state index contributed by atoms with van der Waals surface area (Å²) in [4.78, 5) is 34.4. The molecule has 0 saturated heterocycles. The Kier molecular flexibility index (Phi) is 5.63. The van der Waals surface area contributed by atoms with Crippen molar-refractivity contribution < 1.29 is 4.79 Å². The van der Waals surface area contributed by atoms with Gasteiger partial charge in [0.05, 0.1) is 28.5 Å². The number of para-hydroxylation sites is 1. The van der Waals surface area contributed by atoms with Gasteiger partial charge in [-0.1, -0.05) is 30.0 Å². The fraction of sp³-hybridized carbons (Fsp3) is 0.130. The maximum atomic E-state index is 13.1. The predicted molar refractivity (Wildman–Crippen MR) is 120 cm³/mol. The Morgan fingerprint density at radius 3 is 2.57 bits per heavy atom. The van der Waals surface area contributed by atoms with Gasteiger partial charge >= 0.3 is 0 Å². The fourth-order valence-corrected chi connectivity index (χ4v) is 4.11. The first kappa shape index (κ1) is 19.8. The van der Waals surface area contributed by atoms with E-state index in [0.29, 0.717) is 21.7 Å². The van der Waals surface area contributed by atoms with Crippen molar-refractivity contribution >= 4 is 34.3 Å². The lowest BCUT2D eigenvalue weighted by atomic mass is 10.1. The molecule has 4 aromatic rings. The number of benzene rings is 2. The third kappa shape index (κ3) is 4.26. The monoisotopic (exact) mass is 416 g/mol. The number of anilines is 1. The van der Waals surface area contributed by atoms with Crippen LogP contribution in [0.4, 0.5) is 5.69 Å². The van der Waals surface area contributed by atoms with E-state index in [0.717, 1.165) is 16.8 Å². The van der Waals surface area contributed by atoms with Crippen LogP contribution >= 0.6 is 11.8 Å². The molecule has 2 aromatic heterocycles. The van der Waals surface area contributed by atoms with Crippen molar-refractivity contribution in [1.29, 1.82) is 0 Å². The summed E-state index contributed by atoms with van der Waals surface area (Å²) >= 11 is 1.22. The predicted octanol–water partition coefficient (Wildman–Crippen LogP) is 4.13. The number of carbonyl (C=O) groups excluding carboxylic acids is 1. The molecule has 6 nitrogen and oxygen atoms in total. The number of carbonyl (C=O) groups is 1. The minimum absolute atomic E-state index is 0.123. The van der Waals surface area contributed by atoms with Crippen molar-refractivity contribution in [2.75, 3.05) is 11.1 Å². The van der Waals surface area contributed by atoms with Crippen molar-refractivity contribution in [3.05, 3.63) is 88.5 Å². The molecule has 0 radical (unpaired) electrons. The van der Waals surface area contributed by atoms with Crippen molar-refractivity contribution in [3.8, 4) is 5.69 Å². The zero-order valence-corrected chi connectivity index (χ0v) is 17.4. The van der Waals surface area contributed by atoms with Crippen LogP contribution in [0.2, 0.25) is 0 Å². The third-order valence-corrected chi connectivity index (χ3v) is 5.43. The highest BCUT2D eigenvalue weighted by Crippen LogP contribution is 2.21. The molecule has 2 heterocycles. The molecule has 1 amide bonds. The van der Waals surface area contributed by atoms with E-state index in [4.69, 9.17) is 0 Å². The van der Waals surface area contributed by atoms with Crippen LogP contribution in [0.5, 0.6) is 0 Å². The Hall–Kier alpha value is -3.45. The molecule has 4 rings (SSSR count). The smallest absolute Gasteiger partial charge is 0.266 e. The van der Waals surface area contributed by atoms with Gasteiger partial charge in [0.15, 0.2) is 5.16 Å².